The summed E-state index contributed by atoms with van der Waals surface area (Å²) in [5.74, 6) is 0.183. The molecule has 1 aromatic carbocycles. The second-order valence-electron chi connectivity index (χ2n) is 6.22. The SMILES string of the molecule is Cc1ccc(C2(COC(C)C)CO2)c(OC(=O)C(C)C)c1. The fourth-order valence-corrected chi connectivity index (χ4v) is 2.02. The number of epoxide rings is 1. The Balaban J connectivity index is 2.25. The molecule has 0 bridgehead atoms. The molecule has 0 aromatic heterocycles. The van der Waals surface area contributed by atoms with Crippen molar-refractivity contribution in [3.63, 3.8) is 0 Å². The number of carbonyl (C=O) groups excluding carboxylic acids is 1. The molecule has 4 heteroatoms. The van der Waals surface area contributed by atoms with Crippen LogP contribution in [0.1, 0.15) is 38.8 Å². The number of hydrogen-bond donors (Lipinski definition) is 0. The molecular formula is C17H24O4. The van der Waals surface area contributed by atoms with Gasteiger partial charge in [0.05, 0.1) is 25.2 Å². The Morgan fingerprint density at radius 3 is 2.52 bits per heavy atom. The van der Waals surface area contributed by atoms with Gasteiger partial charge in [-0.15, -0.1) is 0 Å². The van der Waals surface area contributed by atoms with Gasteiger partial charge in [0.15, 0.2) is 0 Å². The molecule has 1 unspecified atom stereocenters. The molecule has 1 saturated heterocycles. The Labute approximate surface area is 126 Å². The van der Waals surface area contributed by atoms with E-state index < -0.39 is 5.60 Å². The fourth-order valence-electron chi connectivity index (χ4n) is 2.02. The van der Waals surface area contributed by atoms with Crippen molar-refractivity contribution < 1.29 is 19.0 Å². The smallest absolute Gasteiger partial charge is 0.313 e. The van der Waals surface area contributed by atoms with Crippen LogP contribution in [0.3, 0.4) is 0 Å². The van der Waals surface area contributed by atoms with Crippen LogP contribution in [0.4, 0.5) is 0 Å². The highest BCUT2D eigenvalue weighted by Crippen LogP contribution is 2.44. The predicted molar refractivity (Wildman–Crippen MR) is 80.4 cm³/mol. The normalized spacial score (nSPS) is 20.9. The van der Waals surface area contributed by atoms with Crippen LogP contribution in [0.5, 0.6) is 5.75 Å². The number of aryl methyl sites for hydroxylation is 1. The molecule has 1 aliphatic heterocycles. The summed E-state index contributed by atoms with van der Waals surface area (Å²) in [6.07, 6.45) is 0.137. The van der Waals surface area contributed by atoms with E-state index in [1.54, 1.807) is 0 Å². The van der Waals surface area contributed by atoms with Crippen molar-refractivity contribution in [1.82, 2.24) is 0 Å². The van der Waals surface area contributed by atoms with Crippen LogP contribution in [0.15, 0.2) is 18.2 Å². The van der Waals surface area contributed by atoms with Crippen LogP contribution < -0.4 is 4.74 Å². The van der Waals surface area contributed by atoms with E-state index in [1.807, 2.05) is 52.8 Å². The highest BCUT2D eigenvalue weighted by Gasteiger charge is 2.49. The van der Waals surface area contributed by atoms with E-state index in [4.69, 9.17) is 14.2 Å². The van der Waals surface area contributed by atoms with Crippen molar-refractivity contribution in [2.75, 3.05) is 13.2 Å². The third-order valence-corrected chi connectivity index (χ3v) is 3.45. The summed E-state index contributed by atoms with van der Waals surface area (Å²) in [7, 11) is 0. The van der Waals surface area contributed by atoms with Crippen LogP contribution in [0.25, 0.3) is 0 Å². The standard InChI is InChI=1S/C17H24O4/c1-11(2)16(18)21-15-8-13(5)6-7-14(15)17(10-20-17)9-19-12(3)4/h6-8,11-12H,9-10H2,1-5H3. The van der Waals surface area contributed by atoms with E-state index in [9.17, 15) is 4.79 Å². The van der Waals surface area contributed by atoms with Crippen molar-refractivity contribution in [2.24, 2.45) is 5.92 Å². The van der Waals surface area contributed by atoms with Crippen LogP contribution in [-0.4, -0.2) is 25.3 Å². The van der Waals surface area contributed by atoms with Crippen LogP contribution >= 0.6 is 0 Å². The Morgan fingerprint density at radius 1 is 1.33 bits per heavy atom. The number of hydrogen-bond acceptors (Lipinski definition) is 4. The van der Waals surface area contributed by atoms with Crippen molar-refractivity contribution in [2.45, 2.75) is 46.3 Å². The van der Waals surface area contributed by atoms with E-state index in [0.29, 0.717) is 19.0 Å². The van der Waals surface area contributed by atoms with Gasteiger partial charge in [-0.25, -0.2) is 0 Å². The average molecular weight is 292 g/mol. The van der Waals surface area contributed by atoms with E-state index in [2.05, 4.69) is 0 Å². The molecule has 21 heavy (non-hydrogen) atoms. The van der Waals surface area contributed by atoms with Gasteiger partial charge in [-0.1, -0.05) is 26.0 Å². The van der Waals surface area contributed by atoms with Gasteiger partial charge >= 0.3 is 5.97 Å². The Morgan fingerprint density at radius 2 is 2.00 bits per heavy atom. The van der Waals surface area contributed by atoms with E-state index in [1.165, 1.54) is 0 Å². The minimum atomic E-state index is -0.468. The maximum atomic E-state index is 11.9. The average Bonchev–Trinajstić information content (AvgIpc) is 3.17. The van der Waals surface area contributed by atoms with Crippen molar-refractivity contribution in [3.8, 4) is 5.75 Å². The quantitative estimate of drug-likeness (QED) is 0.459. The van der Waals surface area contributed by atoms with E-state index in [-0.39, 0.29) is 18.0 Å². The van der Waals surface area contributed by atoms with Gasteiger partial charge in [-0.05, 0) is 32.4 Å². The monoisotopic (exact) mass is 292 g/mol. The van der Waals surface area contributed by atoms with Crippen molar-refractivity contribution >= 4 is 5.97 Å². The second kappa shape index (κ2) is 6.16. The molecular weight excluding hydrogens is 268 g/mol. The number of esters is 1. The summed E-state index contributed by atoms with van der Waals surface area (Å²) >= 11 is 0. The van der Waals surface area contributed by atoms with Gasteiger partial charge < -0.3 is 14.2 Å². The highest BCUT2D eigenvalue weighted by molar-refractivity contribution is 5.75. The molecule has 4 nitrogen and oxygen atoms in total. The first-order valence-corrected chi connectivity index (χ1v) is 7.42. The fraction of sp³-hybridized carbons (Fsp3) is 0.588. The largest absolute Gasteiger partial charge is 0.426 e. The Bertz CT molecular complexity index is 516. The van der Waals surface area contributed by atoms with Crippen LogP contribution in [-0.2, 0) is 19.9 Å². The lowest BCUT2D eigenvalue weighted by molar-refractivity contribution is -0.137. The molecule has 1 aromatic rings. The summed E-state index contributed by atoms with van der Waals surface area (Å²) in [4.78, 5) is 11.9. The minimum absolute atomic E-state index is 0.137. The first kappa shape index (κ1) is 16.0. The van der Waals surface area contributed by atoms with E-state index in [0.717, 1.165) is 11.1 Å². The van der Waals surface area contributed by atoms with Crippen molar-refractivity contribution in [1.29, 1.82) is 0 Å². The number of carbonyl (C=O) groups is 1. The lowest BCUT2D eigenvalue weighted by Crippen LogP contribution is -2.23. The van der Waals surface area contributed by atoms with Gasteiger partial charge in [-0.2, -0.15) is 0 Å². The summed E-state index contributed by atoms with van der Waals surface area (Å²) in [6, 6.07) is 5.85. The second-order valence-corrected chi connectivity index (χ2v) is 6.22. The first-order chi connectivity index (χ1) is 9.84. The van der Waals surface area contributed by atoms with Crippen molar-refractivity contribution in [3.05, 3.63) is 29.3 Å². The van der Waals surface area contributed by atoms with Gasteiger partial charge in [0, 0.05) is 5.56 Å². The molecule has 0 aliphatic carbocycles. The van der Waals surface area contributed by atoms with Crippen LogP contribution in [0.2, 0.25) is 0 Å². The topological polar surface area (TPSA) is 48.1 Å². The zero-order chi connectivity index (χ0) is 15.6. The molecule has 0 spiro atoms. The third kappa shape index (κ3) is 3.83. The number of benzene rings is 1. The maximum Gasteiger partial charge on any atom is 0.313 e. The molecule has 116 valence electrons. The highest BCUT2D eigenvalue weighted by atomic mass is 16.6. The Hall–Kier alpha value is -1.39. The van der Waals surface area contributed by atoms with Crippen LogP contribution in [0, 0.1) is 12.8 Å². The molecule has 0 saturated carbocycles. The zero-order valence-corrected chi connectivity index (χ0v) is 13.4. The molecule has 2 rings (SSSR count). The molecule has 1 aliphatic rings. The lowest BCUT2D eigenvalue weighted by Gasteiger charge is -2.19. The molecule has 0 amide bonds. The zero-order valence-electron chi connectivity index (χ0n) is 13.4. The van der Waals surface area contributed by atoms with Gasteiger partial charge in [0.1, 0.15) is 11.4 Å². The predicted octanol–water partition coefficient (Wildman–Crippen LogP) is 3.21. The van der Waals surface area contributed by atoms with Gasteiger partial charge in [0.2, 0.25) is 0 Å². The van der Waals surface area contributed by atoms with E-state index >= 15 is 0 Å². The summed E-state index contributed by atoms with van der Waals surface area (Å²) < 4.78 is 16.9. The van der Waals surface area contributed by atoms with Gasteiger partial charge in [-0.3, -0.25) is 4.79 Å². The number of rotatable bonds is 6. The molecule has 1 heterocycles. The lowest BCUT2D eigenvalue weighted by atomic mass is 9.98. The first-order valence-electron chi connectivity index (χ1n) is 7.42. The molecule has 0 radical (unpaired) electrons. The maximum absolute atomic E-state index is 11.9. The van der Waals surface area contributed by atoms with Gasteiger partial charge in [0.25, 0.3) is 0 Å². The summed E-state index contributed by atoms with van der Waals surface area (Å²) in [5, 5.41) is 0. The minimum Gasteiger partial charge on any atom is -0.426 e. The molecule has 1 atom stereocenters. The summed E-state index contributed by atoms with van der Waals surface area (Å²) in [6.45, 7) is 10.7. The molecule has 0 N–H and O–H groups in total. The Kier molecular flexibility index (Phi) is 4.69. The third-order valence-electron chi connectivity index (χ3n) is 3.45. The molecule has 1 fully saturated rings. The number of ether oxygens (including phenoxy) is 3. The summed E-state index contributed by atoms with van der Waals surface area (Å²) in [5.41, 5.74) is 1.47.